The molecule has 112 valence electrons. The third kappa shape index (κ3) is 4.05. The minimum Gasteiger partial charge on any atom is -0.497 e. The van der Waals surface area contributed by atoms with Crippen molar-refractivity contribution in [2.45, 2.75) is 12.5 Å². The number of methoxy groups -OCH3 is 2. The third-order valence-corrected chi connectivity index (χ3v) is 3.94. The van der Waals surface area contributed by atoms with Crippen molar-refractivity contribution in [1.82, 2.24) is 0 Å². The maximum atomic E-state index is 5.93. The van der Waals surface area contributed by atoms with Crippen LogP contribution in [0.25, 0.3) is 0 Å². The van der Waals surface area contributed by atoms with Gasteiger partial charge in [-0.1, -0.05) is 12.1 Å². The molecule has 3 nitrogen and oxygen atoms in total. The minimum absolute atomic E-state index is 0.394. The van der Waals surface area contributed by atoms with Crippen LogP contribution in [0.3, 0.4) is 0 Å². The summed E-state index contributed by atoms with van der Waals surface area (Å²) in [5.74, 6) is 2.67. The van der Waals surface area contributed by atoms with Gasteiger partial charge in [0.2, 0.25) is 0 Å². The van der Waals surface area contributed by atoms with Crippen molar-refractivity contribution >= 4 is 27.5 Å². The molecule has 2 aromatic carbocycles. The maximum Gasteiger partial charge on any atom is 0.133 e. The summed E-state index contributed by atoms with van der Waals surface area (Å²) in [5, 5.41) is 0. The van der Waals surface area contributed by atoms with E-state index in [1.165, 1.54) is 0 Å². The molecule has 21 heavy (non-hydrogen) atoms. The lowest BCUT2D eigenvalue weighted by molar-refractivity contribution is 0.301. The maximum absolute atomic E-state index is 5.93. The highest BCUT2D eigenvalue weighted by atomic mass is 79.9. The highest BCUT2D eigenvalue weighted by molar-refractivity contribution is 9.10. The molecule has 2 rings (SSSR count). The van der Waals surface area contributed by atoms with Crippen molar-refractivity contribution in [3.8, 4) is 17.2 Å². The van der Waals surface area contributed by atoms with E-state index in [4.69, 9.17) is 25.8 Å². The summed E-state index contributed by atoms with van der Waals surface area (Å²) in [5.41, 5.74) is 1.97. The van der Waals surface area contributed by atoms with Gasteiger partial charge in [0.25, 0.3) is 0 Å². The first-order valence-electron chi connectivity index (χ1n) is 6.36. The van der Waals surface area contributed by atoms with Gasteiger partial charge in [-0.2, -0.15) is 0 Å². The van der Waals surface area contributed by atoms with E-state index in [0.717, 1.165) is 32.8 Å². The lowest BCUT2D eigenvalue weighted by Gasteiger charge is -2.12. The Bertz CT molecular complexity index is 616. The molecule has 0 unspecified atom stereocenters. The Morgan fingerprint density at radius 2 is 1.81 bits per heavy atom. The van der Waals surface area contributed by atoms with Gasteiger partial charge in [0.05, 0.1) is 24.6 Å². The Balaban J connectivity index is 2.13. The molecule has 5 heteroatoms. The first-order valence-corrected chi connectivity index (χ1v) is 7.68. The molecule has 0 N–H and O–H groups in total. The molecule has 0 amide bonds. The Hall–Kier alpha value is -1.39. The van der Waals surface area contributed by atoms with Crippen molar-refractivity contribution in [2.75, 3.05) is 14.2 Å². The monoisotopic (exact) mass is 370 g/mol. The van der Waals surface area contributed by atoms with Crippen molar-refractivity contribution in [3.63, 3.8) is 0 Å². The summed E-state index contributed by atoms with van der Waals surface area (Å²) in [4.78, 5) is 0. The molecule has 0 saturated heterocycles. The van der Waals surface area contributed by atoms with Crippen molar-refractivity contribution in [3.05, 3.63) is 52.0 Å². The van der Waals surface area contributed by atoms with Gasteiger partial charge < -0.3 is 14.2 Å². The second-order valence-electron chi connectivity index (χ2n) is 4.36. The van der Waals surface area contributed by atoms with Gasteiger partial charge in [0, 0.05) is 11.6 Å². The summed E-state index contributed by atoms with van der Waals surface area (Å²) in [6, 6.07) is 11.5. The first-order chi connectivity index (χ1) is 10.2. The Kier molecular flexibility index (Phi) is 5.76. The van der Waals surface area contributed by atoms with Gasteiger partial charge in [-0.05, 0) is 39.7 Å². The van der Waals surface area contributed by atoms with Gasteiger partial charge in [-0.15, -0.1) is 11.6 Å². The summed E-state index contributed by atoms with van der Waals surface area (Å²) >= 11 is 9.39. The second kappa shape index (κ2) is 7.57. The van der Waals surface area contributed by atoms with Crippen LogP contribution in [-0.4, -0.2) is 14.2 Å². The average molecular weight is 372 g/mol. The Labute approximate surface area is 137 Å². The highest BCUT2D eigenvalue weighted by Gasteiger charge is 2.07. The largest absolute Gasteiger partial charge is 0.497 e. The Morgan fingerprint density at radius 1 is 1.00 bits per heavy atom. The smallest absolute Gasteiger partial charge is 0.133 e. The molecule has 0 aliphatic rings. The fourth-order valence-electron chi connectivity index (χ4n) is 1.87. The second-order valence-corrected chi connectivity index (χ2v) is 5.49. The molecular weight excluding hydrogens is 356 g/mol. The van der Waals surface area contributed by atoms with E-state index in [1.54, 1.807) is 14.2 Å². The molecule has 0 aliphatic heterocycles. The highest BCUT2D eigenvalue weighted by Crippen LogP contribution is 2.29. The molecule has 0 saturated carbocycles. The Morgan fingerprint density at radius 3 is 2.43 bits per heavy atom. The van der Waals surface area contributed by atoms with Crippen molar-refractivity contribution < 1.29 is 14.2 Å². The van der Waals surface area contributed by atoms with Crippen LogP contribution in [0.2, 0.25) is 0 Å². The summed E-state index contributed by atoms with van der Waals surface area (Å²) < 4.78 is 17.2. The average Bonchev–Trinajstić information content (AvgIpc) is 2.52. The number of hydrogen-bond acceptors (Lipinski definition) is 3. The SMILES string of the molecule is COc1ccc(CCl)c(OCc2ccc(OC)c(Br)c2)c1. The standard InChI is InChI=1S/C16H16BrClO3/c1-19-13-5-4-12(9-18)16(8-13)21-10-11-3-6-15(20-2)14(17)7-11/h3-8H,9-10H2,1-2H3. The summed E-state index contributed by atoms with van der Waals surface area (Å²) in [6.07, 6.45) is 0. The molecule has 0 heterocycles. The molecule has 2 aromatic rings. The van der Waals surface area contributed by atoms with Crippen LogP contribution in [-0.2, 0) is 12.5 Å². The molecule has 0 spiro atoms. The topological polar surface area (TPSA) is 27.7 Å². The van der Waals surface area contributed by atoms with E-state index in [9.17, 15) is 0 Å². The quantitative estimate of drug-likeness (QED) is 0.684. The lowest BCUT2D eigenvalue weighted by Crippen LogP contribution is -1.99. The van der Waals surface area contributed by atoms with Gasteiger partial charge >= 0.3 is 0 Å². The molecule has 0 bridgehead atoms. The van der Waals surface area contributed by atoms with E-state index in [2.05, 4.69) is 15.9 Å². The van der Waals surface area contributed by atoms with Gasteiger partial charge in [-0.3, -0.25) is 0 Å². The van der Waals surface area contributed by atoms with Crippen molar-refractivity contribution in [1.29, 1.82) is 0 Å². The van der Waals surface area contributed by atoms with Crippen LogP contribution in [0.4, 0.5) is 0 Å². The van der Waals surface area contributed by atoms with Gasteiger partial charge in [0.1, 0.15) is 23.9 Å². The van der Waals surface area contributed by atoms with Gasteiger partial charge in [0.15, 0.2) is 0 Å². The molecule has 0 aliphatic carbocycles. The summed E-state index contributed by atoms with van der Waals surface area (Å²) in [7, 11) is 3.26. The lowest BCUT2D eigenvalue weighted by atomic mass is 10.2. The van der Waals surface area contributed by atoms with E-state index in [1.807, 2.05) is 36.4 Å². The summed E-state index contributed by atoms with van der Waals surface area (Å²) in [6.45, 7) is 0.444. The fraction of sp³-hybridized carbons (Fsp3) is 0.250. The predicted molar refractivity (Wildman–Crippen MR) is 87.6 cm³/mol. The normalized spacial score (nSPS) is 10.3. The van der Waals surface area contributed by atoms with Gasteiger partial charge in [-0.25, -0.2) is 0 Å². The zero-order chi connectivity index (χ0) is 15.2. The number of rotatable bonds is 6. The zero-order valence-corrected chi connectivity index (χ0v) is 14.2. The van der Waals surface area contributed by atoms with Crippen LogP contribution in [0.5, 0.6) is 17.2 Å². The molecule has 0 radical (unpaired) electrons. The number of halogens is 2. The number of benzene rings is 2. The van der Waals surface area contributed by atoms with Crippen LogP contribution in [0.1, 0.15) is 11.1 Å². The van der Waals surface area contributed by atoms with Crippen LogP contribution in [0, 0.1) is 0 Å². The zero-order valence-electron chi connectivity index (χ0n) is 11.9. The first kappa shape index (κ1) is 16.0. The third-order valence-electron chi connectivity index (χ3n) is 3.03. The van der Waals surface area contributed by atoms with E-state index in [0.29, 0.717) is 12.5 Å². The molecular formula is C16H16BrClO3. The fourth-order valence-corrected chi connectivity index (χ4v) is 2.68. The molecule has 0 aromatic heterocycles. The van der Waals surface area contributed by atoms with E-state index >= 15 is 0 Å². The molecule has 0 atom stereocenters. The number of hydrogen-bond donors (Lipinski definition) is 0. The predicted octanol–water partition coefficient (Wildman–Crippen LogP) is 4.78. The number of alkyl halides is 1. The number of ether oxygens (including phenoxy) is 3. The molecule has 0 fully saturated rings. The van der Waals surface area contributed by atoms with Crippen LogP contribution in [0.15, 0.2) is 40.9 Å². The minimum atomic E-state index is 0.394. The van der Waals surface area contributed by atoms with Crippen molar-refractivity contribution in [2.24, 2.45) is 0 Å². The van der Waals surface area contributed by atoms with Crippen LogP contribution < -0.4 is 14.2 Å². The van der Waals surface area contributed by atoms with E-state index in [-0.39, 0.29) is 0 Å². The van der Waals surface area contributed by atoms with E-state index < -0.39 is 0 Å². The van der Waals surface area contributed by atoms with Crippen LogP contribution >= 0.6 is 27.5 Å².